The van der Waals surface area contributed by atoms with Gasteiger partial charge >= 0.3 is 0 Å². The van der Waals surface area contributed by atoms with Gasteiger partial charge in [-0.2, -0.15) is 0 Å². The number of carbonyl (C=O) groups excluding carboxylic acids is 1. The predicted octanol–water partition coefficient (Wildman–Crippen LogP) is 4.86. The van der Waals surface area contributed by atoms with Crippen LogP contribution in [0.15, 0.2) is 86.6 Å². The van der Waals surface area contributed by atoms with Crippen LogP contribution in [-0.4, -0.2) is 25.0 Å². The molecule has 1 amide bonds. The van der Waals surface area contributed by atoms with Crippen molar-refractivity contribution in [1.82, 2.24) is 4.98 Å². The Morgan fingerprint density at radius 3 is 2.48 bits per heavy atom. The molecule has 0 aliphatic rings. The minimum Gasteiger partial charge on any atom is -0.451 e. The standard InChI is InChI=1S/C24H20BrN3O3/c1-27(2)18-9-6-16(7-10-18)15-28(23-5-3-4-12-26-23)24(30)22-14-20(29)19-11-8-17(25)13-21(19)31-22/h3-14H,15H2,1-2H3. The summed E-state index contributed by atoms with van der Waals surface area (Å²) in [6.45, 7) is 0.282. The zero-order valence-electron chi connectivity index (χ0n) is 17.1. The molecule has 0 fully saturated rings. The van der Waals surface area contributed by atoms with E-state index in [9.17, 15) is 9.59 Å². The van der Waals surface area contributed by atoms with E-state index in [1.807, 2.05) is 49.3 Å². The summed E-state index contributed by atoms with van der Waals surface area (Å²) in [5, 5.41) is 0.420. The van der Waals surface area contributed by atoms with E-state index in [-0.39, 0.29) is 17.7 Å². The number of carbonyl (C=O) groups is 1. The van der Waals surface area contributed by atoms with E-state index in [1.165, 1.54) is 11.0 Å². The first kappa shape index (κ1) is 20.8. The molecule has 0 aliphatic carbocycles. The van der Waals surface area contributed by atoms with Crippen molar-refractivity contribution >= 4 is 44.3 Å². The van der Waals surface area contributed by atoms with Crippen molar-refractivity contribution in [3.8, 4) is 0 Å². The fourth-order valence-corrected chi connectivity index (χ4v) is 3.56. The number of benzene rings is 2. The van der Waals surface area contributed by atoms with Crippen molar-refractivity contribution in [2.75, 3.05) is 23.9 Å². The number of pyridine rings is 1. The third-order valence-electron chi connectivity index (χ3n) is 4.87. The third-order valence-corrected chi connectivity index (χ3v) is 5.36. The van der Waals surface area contributed by atoms with E-state index in [4.69, 9.17) is 4.42 Å². The van der Waals surface area contributed by atoms with Gasteiger partial charge in [0, 0.05) is 36.5 Å². The maximum absolute atomic E-state index is 13.4. The van der Waals surface area contributed by atoms with Gasteiger partial charge in [0.25, 0.3) is 5.91 Å². The summed E-state index contributed by atoms with van der Waals surface area (Å²) < 4.78 is 6.58. The lowest BCUT2D eigenvalue weighted by molar-refractivity contribution is 0.0958. The Morgan fingerprint density at radius 2 is 1.81 bits per heavy atom. The quantitative estimate of drug-likeness (QED) is 0.410. The molecule has 31 heavy (non-hydrogen) atoms. The Labute approximate surface area is 187 Å². The van der Waals surface area contributed by atoms with Crippen molar-refractivity contribution in [1.29, 1.82) is 0 Å². The molecule has 6 nitrogen and oxygen atoms in total. The molecule has 0 atom stereocenters. The summed E-state index contributed by atoms with van der Waals surface area (Å²) in [6.07, 6.45) is 1.62. The predicted molar refractivity (Wildman–Crippen MR) is 126 cm³/mol. The summed E-state index contributed by atoms with van der Waals surface area (Å²) in [6, 6.07) is 19.6. The molecule has 4 rings (SSSR count). The zero-order chi connectivity index (χ0) is 22.0. The SMILES string of the molecule is CN(C)c1ccc(CN(C(=O)c2cc(=O)c3ccc(Br)cc3o2)c2ccccn2)cc1. The molecule has 2 aromatic heterocycles. The molecule has 2 heterocycles. The minimum atomic E-state index is -0.436. The molecule has 4 aromatic rings. The third kappa shape index (κ3) is 4.51. The number of hydrogen-bond donors (Lipinski definition) is 0. The van der Waals surface area contributed by atoms with Crippen molar-refractivity contribution in [2.45, 2.75) is 6.54 Å². The van der Waals surface area contributed by atoms with Gasteiger partial charge in [0.2, 0.25) is 0 Å². The van der Waals surface area contributed by atoms with Gasteiger partial charge in [-0.25, -0.2) is 4.98 Å². The molecule has 0 radical (unpaired) electrons. The van der Waals surface area contributed by atoms with Crippen molar-refractivity contribution in [2.24, 2.45) is 0 Å². The lowest BCUT2D eigenvalue weighted by Gasteiger charge is -2.22. The molecule has 0 saturated heterocycles. The van der Waals surface area contributed by atoms with E-state index in [0.717, 1.165) is 15.7 Å². The smallest absolute Gasteiger partial charge is 0.295 e. The minimum absolute atomic E-state index is 0.0360. The van der Waals surface area contributed by atoms with Crippen molar-refractivity contribution in [3.63, 3.8) is 0 Å². The Morgan fingerprint density at radius 1 is 1.03 bits per heavy atom. The van der Waals surface area contributed by atoms with Crippen LogP contribution < -0.4 is 15.2 Å². The molecule has 2 aromatic carbocycles. The first-order valence-electron chi connectivity index (χ1n) is 9.65. The maximum atomic E-state index is 13.4. The molecular formula is C24H20BrN3O3. The van der Waals surface area contributed by atoms with E-state index >= 15 is 0 Å². The summed E-state index contributed by atoms with van der Waals surface area (Å²) >= 11 is 3.37. The molecule has 0 aliphatic heterocycles. The lowest BCUT2D eigenvalue weighted by atomic mass is 10.1. The molecular weight excluding hydrogens is 458 g/mol. The summed E-state index contributed by atoms with van der Waals surface area (Å²) in [5.41, 5.74) is 2.07. The van der Waals surface area contributed by atoms with Crippen LogP contribution in [0.5, 0.6) is 0 Å². The second-order valence-electron chi connectivity index (χ2n) is 7.26. The highest BCUT2D eigenvalue weighted by Crippen LogP contribution is 2.22. The highest BCUT2D eigenvalue weighted by atomic mass is 79.9. The van der Waals surface area contributed by atoms with Crippen LogP contribution in [0.2, 0.25) is 0 Å². The summed E-state index contributed by atoms with van der Waals surface area (Å²) in [4.78, 5) is 33.9. The van der Waals surface area contributed by atoms with Gasteiger partial charge < -0.3 is 9.32 Å². The van der Waals surface area contributed by atoms with E-state index < -0.39 is 5.91 Å². The second kappa shape index (κ2) is 8.73. The van der Waals surface area contributed by atoms with E-state index in [1.54, 1.807) is 36.5 Å². The molecule has 7 heteroatoms. The van der Waals surface area contributed by atoms with E-state index in [0.29, 0.717) is 16.8 Å². The fraction of sp³-hybridized carbons (Fsp3) is 0.125. The number of fused-ring (bicyclic) bond motifs is 1. The van der Waals surface area contributed by atoms with Gasteiger partial charge in [-0.05, 0) is 48.0 Å². The van der Waals surface area contributed by atoms with Crippen LogP contribution in [0, 0.1) is 0 Å². The van der Waals surface area contributed by atoms with E-state index in [2.05, 4.69) is 20.9 Å². The molecule has 0 unspecified atom stereocenters. The summed E-state index contributed by atoms with van der Waals surface area (Å²) in [5.74, 6) is 0.00157. The lowest BCUT2D eigenvalue weighted by Crippen LogP contribution is -2.31. The van der Waals surface area contributed by atoms with Crippen LogP contribution in [0.4, 0.5) is 11.5 Å². The number of rotatable bonds is 5. The van der Waals surface area contributed by atoms with Gasteiger partial charge in [0.05, 0.1) is 11.9 Å². The number of aromatic nitrogens is 1. The number of anilines is 2. The van der Waals surface area contributed by atoms with Gasteiger partial charge in [0.15, 0.2) is 11.2 Å². The molecule has 0 saturated carbocycles. The number of nitrogens with zero attached hydrogens (tertiary/aromatic N) is 3. The van der Waals surface area contributed by atoms with Crippen LogP contribution >= 0.6 is 15.9 Å². The van der Waals surface area contributed by atoms with Crippen molar-refractivity contribution in [3.05, 3.63) is 98.9 Å². The Bertz CT molecular complexity index is 1290. The van der Waals surface area contributed by atoms with Gasteiger partial charge in [-0.15, -0.1) is 0 Å². The van der Waals surface area contributed by atoms with Crippen LogP contribution in [-0.2, 0) is 6.54 Å². The summed E-state index contributed by atoms with van der Waals surface area (Å²) in [7, 11) is 3.94. The van der Waals surface area contributed by atoms with Crippen LogP contribution in [0.3, 0.4) is 0 Å². The Hall–Kier alpha value is -3.45. The topological polar surface area (TPSA) is 66.7 Å². The zero-order valence-corrected chi connectivity index (χ0v) is 18.7. The van der Waals surface area contributed by atoms with Gasteiger partial charge in [-0.3, -0.25) is 14.5 Å². The first-order chi connectivity index (χ1) is 14.9. The highest BCUT2D eigenvalue weighted by molar-refractivity contribution is 9.10. The molecule has 156 valence electrons. The second-order valence-corrected chi connectivity index (χ2v) is 8.17. The average molecular weight is 478 g/mol. The molecule has 0 N–H and O–H groups in total. The maximum Gasteiger partial charge on any atom is 0.295 e. The number of amides is 1. The highest BCUT2D eigenvalue weighted by Gasteiger charge is 2.23. The normalized spacial score (nSPS) is 10.8. The molecule has 0 bridgehead atoms. The van der Waals surface area contributed by atoms with Gasteiger partial charge in [-0.1, -0.05) is 34.1 Å². The van der Waals surface area contributed by atoms with Gasteiger partial charge in [0.1, 0.15) is 11.4 Å². The monoisotopic (exact) mass is 477 g/mol. The Kier molecular flexibility index (Phi) is 5.86. The first-order valence-corrected chi connectivity index (χ1v) is 10.4. The van der Waals surface area contributed by atoms with Crippen LogP contribution in [0.25, 0.3) is 11.0 Å². The number of hydrogen-bond acceptors (Lipinski definition) is 5. The largest absolute Gasteiger partial charge is 0.451 e. The average Bonchev–Trinajstić information content (AvgIpc) is 2.77. The Balaban J connectivity index is 1.74. The molecule has 0 spiro atoms. The van der Waals surface area contributed by atoms with Crippen molar-refractivity contribution < 1.29 is 9.21 Å². The fourth-order valence-electron chi connectivity index (χ4n) is 3.22. The van der Waals surface area contributed by atoms with Crippen LogP contribution in [0.1, 0.15) is 16.1 Å². The number of halogens is 1.